The number of anilines is 1. The molecular weight excluding hydrogens is 284 g/mol. The molecule has 0 bridgehead atoms. The van der Waals surface area contributed by atoms with E-state index in [1.807, 2.05) is 25.7 Å². The number of rotatable bonds is 3. The maximum atomic E-state index is 11.8. The summed E-state index contributed by atoms with van der Waals surface area (Å²) in [6.07, 6.45) is 3.44. The van der Waals surface area contributed by atoms with Gasteiger partial charge in [0.25, 0.3) is 5.91 Å². The standard InChI is InChI=1S/C15H22N4O3/c1-15(2,3)22-14(21)18-10-5-7-19(9-10)12-4-6-17-8-11(12)13(16)20/h4,6,8,10H,5,7,9H2,1-3H3,(H2,16,20)(H,18,21). The predicted octanol–water partition coefficient (Wildman–Crippen LogP) is 1.28. The van der Waals surface area contributed by atoms with Gasteiger partial charge in [-0.25, -0.2) is 4.79 Å². The van der Waals surface area contributed by atoms with Gasteiger partial charge in [-0.2, -0.15) is 0 Å². The van der Waals surface area contributed by atoms with E-state index in [0.717, 1.165) is 18.7 Å². The van der Waals surface area contributed by atoms with Crippen LogP contribution in [-0.4, -0.2) is 41.7 Å². The minimum absolute atomic E-state index is 0.0243. The quantitative estimate of drug-likeness (QED) is 0.876. The lowest BCUT2D eigenvalue weighted by Crippen LogP contribution is -2.40. The summed E-state index contributed by atoms with van der Waals surface area (Å²) in [5.41, 5.74) is 5.99. The van der Waals surface area contributed by atoms with Crippen molar-refractivity contribution in [1.82, 2.24) is 10.3 Å². The number of pyridine rings is 1. The highest BCUT2D eigenvalue weighted by molar-refractivity contribution is 5.98. The van der Waals surface area contributed by atoms with Crippen LogP contribution >= 0.6 is 0 Å². The number of nitrogens with two attached hydrogens (primary N) is 1. The average molecular weight is 306 g/mol. The number of hydrogen-bond donors (Lipinski definition) is 2. The van der Waals surface area contributed by atoms with Crippen molar-refractivity contribution >= 4 is 17.7 Å². The van der Waals surface area contributed by atoms with E-state index in [-0.39, 0.29) is 6.04 Å². The fraction of sp³-hybridized carbons (Fsp3) is 0.533. The highest BCUT2D eigenvalue weighted by atomic mass is 16.6. The van der Waals surface area contributed by atoms with E-state index in [2.05, 4.69) is 10.3 Å². The molecular formula is C15H22N4O3. The summed E-state index contributed by atoms with van der Waals surface area (Å²) in [4.78, 5) is 29.2. The molecule has 1 aliphatic heterocycles. The van der Waals surface area contributed by atoms with Crippen LogP contribution in [0.5, 0.6) is 0 Å². The molecule has 2 heterocycles. The van der Waals surface area contributed by atoms with Gasteiger partial charge >= 0.3 is 6.09 Å². The van der Waals surface area contributed by atoms with Gasteiger partial charge in [-0.3, -0.25) is 9.78 Å². The summed E-state index contributed by atoms with van der Waals surface area (Å²) >= 11 is 0. The Morgan fingerprint density at radius 3 is 2.82 bits per heavy atom. The van der Waals surface area contributed by atoms with E-state index in [4.69, 9.17) is 10.5 Å². The fourth-order valence-electron chi connectivity index (χ4n) is 2.42. The highest BCUT2D eigenvalue weighted by Crippen LogP contribution is 2.23. The number of carbonyl (C=O) groups is 2. The first-order valence-corrected chi connectivity index (χ1v) is 7.24. The van der Waals surface area contributed by atoms with Gasteiger partial charge in [0.05, 0.1) is 17.3 Å². The number of alkyl carbamates (subject to hydrolysis) is 1. The number of nitrogens with one attached hydrogen (secondary N) is 1. The van der Waals surface area contributed by atoms with Crippen molar-refractivity contribution in [2.24, 2.45) is 5.73 Å². The molecule has 2 rings (SSSR count). The average Bonchev–Trinajstić information content (AvgIpc) is 2.84. The molecule has 3 N–H and O–H groups in total. The smallest absolute Gasteiger partial charge is 0.407 e. The molecule has 0 radical (unpaired) electrons. The monoisotopic (exact) mass is 306 g/mol. The molecule has 0 aliphatic carbocycles. The molecule has 1 atom stereocenters. The number of ether oxygens (including phenoxy) is 1. The minimum Gasteiger partial charge on any atom is -0.444 e. The topological polar surface area (TPSA) is 97.6 Å². The Bertz CT molecular complexity index is 568. The van der Waals surface area contributed by atoms with Gasteiger partial charge in [-0.1, -0.05) is 0 Å². The second-order valence-corrected chi connectivity index (χ2v) is 6.33. The number of aromatic nitrogens is 1. The molecule has 7 nitrogen and oxygen atoms in total. The van der Waals surface area contributed by atoms with Gasteiger partial charge < -0.3 is 20.7 Å². The zero-order valence-corrected chi connectivity index (χ0v) is 13.1. The first kappa shape index (κ1) is 16.1. The summed E-state index contributed by atoms with van der Waals surface area (Å²) in [6, 6.07) is 1.74. The number of hydrogen-bond acceptors (Lipinski definition) is 5. The SMILES string of the molecule is CC(C)(C)OC(=O)NC1CCN(c2ccncc2C(N)=O)C1. The van der Waals surface area contributed by atoms with Crippen LogP contribution in [0.25, 0.3) is 0 Å². The number of nitrogens with zero attached hydrogens (tertiary/aromatic N) is 2. The lowest BCUT2D eigenvalue weighted by Gasteiger charge is -2.23. The van der Waals surface area contributed by atoms with Gasteiger partial charge in [0, 0.05) is 25.5 Å². The molecule has 2 amide bonds. The molecule has 0 saturated carbocycles. The normalized spacial score (nSPS) is 18.1. The molecule has 1 aliphatic rings. The summed E-state index contributed by atoms with van der Waals surface area (Å²) in [6.45, 7) is 6.80. The van der Waals surface area contributed by atoms with Crippen LogP contribution < -0.4 is 16.0 Å². The third-order valence-corrected chi connectivity index (χ3v) is 3.31. The van der Waals surface area contributed by atoms with Crippen molar-refractivity contribution in [3.63, 3.8) is 0 Å². The lowest BCUT2D eigenvalue weighted by atomic mass is 10.2. The third-order valence-electron chi connectivity index (χ3n) is 3.31. The molecule has 7 heteroatoms. The van der Waals surface area contributed by atoms with E-state index >= 15 is 0 Å². The Morgan fingerprint density at radius 2 is 2.18 bits per heavy atom. The number of primary amides is 1. The Kier molecular flexibility index (Phi) is 4.54. The van der Waals surface area contributed by atoms with Crippen LogP contribution in [0.15, 0.2) is 18.5 Å². The van der Waals surface area contributed by atoms with Crippen LogP contribution in [0.2, 0.25) is 0 Å². The van der Waals surface area contributed by atoms with E-state index in [1.54, 1.807) is 12.3 Å². The molecule has 1 fully saturated rings. The summed E-state index contributed by atoms with van der Waals surface area (Å²) in [5.74, 6) is -0.508. The molecule has 1 aromatic heterocycles. The third kappa shape index (κ3) is 4.09. The summed E-state index contributed by atoms with van der Waals surface area (Å²) < 4.78 is 5.25. The largest absolute Gasteiger partial charge is 0.444 e. The maximum Gasteiger partial charge on any atom is 0.407 e. The molecule has 120 valence electrons. The minimum atomic E-state index is -0.521. The molecule has 1 unspecified atom stereocenters. The van der Waals surface area contributed by atoms with Gasteiger partial charge in [-0.05, 0) is 33.3 Å². The molecule has 1 saturated heterocycles. The zero-order chi connectivity index (χ0) is 16.3. The Balaban J connectivity index is 1.99. The molecule has 1 aromatic rings. The Labute approximate surface area is 129 Å². The Hall–Kier alpha value is -2.31. The van der Waals surface area contributed by atoms with Crippen molar-refractivity contribution in [2.75, 3.05) is 18.0 Å². The lowest BCUT2D eigenvalue weighted by molar-refractivity contribution is 0.0509. The van der Waals surface area contributed by atoms with Gasteiger partial charge in [0.15, 0.2) is 0 Å². The van der Waals surface area contributed by atoms with Crippen molar-refractivity contribution in [3.05, 3.63) is 24.0 Å². The first-order valence-electron chi connectivity index (χ1n) is 7.24. The number of amides is 2. The van der Waals surface area contributed by atoms with Gasteiger partial charge in [0.1, 0.15) is 5.60 Å². The highest BCUT2D eigenvalue weighted by Gasteiger charge is 2.28. The van der Waals surface area contributed by atoms with Gasteiger partial charge in [-0.15, -0.1) is 0 Å². The van der Waals surface area contributed by atoms with Crippen molar-refractivity contribution < 1.29 is 14.3 Å². The van der Waals surface area contributed by atoms with Crippen molar-refractivity contribution in [1.29, 1.82) is 0 Å². The van der Waals surface area contributed by atoms with Crippen LogP contribution in [0.1, 0.15) is 37.6 Å². The fourth-order valence-corrected chi connectivity index (χ4v) is 2.42. The summed E-state index contributed by atoms with van der Waals surface area (Å²) in [7, 11) is 0. The first-order chi connectivity index (χ1) is 10.3. The van der Waals surface area contributed by atoms with Gasteiger partial charge in [0.2, 0.25) is 0 Å². The summed E-state index contributed by atoms with van der Waals surface area (Å²) in [5, 5.41) is 2.85. The van der Waals surface area contributed by atoms with E-state index in [9.17, 15) is 9.59 Å². The van der Waals surface area contributed by atoms with Crippen molar-refractivity contribution in [3.8, 4) is 0 Å². The van der Waals surface area contributed by atoms with Crippen molar-refractivity contribution in [2.45, 2.75) is 38.8 Å². The number of carbonyl (C=O) groups excluding carboxylic acids is 2. The second kappa shape index (κ2) is 6.21. The van der Waals surface area contributed by atoms with E-state index < -0.39 is 17.6 Å². The maximum absolute atomic E-state index is 11.8. The molecule has 0 spiro atoms. The molecule has 22 heavy (non-hydrogen) atoms. The predicted molar refractivity (Wildman–Crippen MR) is 82.7 cm³/mol. The van der Waals surface area contributed by atoms with Crippen LogP contribution in [0.4, 0.5) is 10.5 Å². The van der Waals surface area contributed by atoms with E-state index in [1.165, 1.54) is 6.20 Å². The van der Waals surface area contributed by atoms with Crippen LogP contribution in [0.3, 0.4) is 0 Å². The second-order valence-electron chi connectivity index (χ2n) is 6.33. The van der Waals surface area contributed by atoms with Crippen LogP contribution in [-0.2, 0) is 4.74 Å². The Morgan fingerprint density at radius 1 is 1.45 bits per heavy atom. The zero-order valence-electron chi connectivity index (χ0n) is 13.1. The molecule has 0 aromatic carbocycles. The van der Waals surface area contributed by atoms with Crippen LogP contribution in [0, 0.1) is 0 Å². The van der Waals surface area contributed by atoms with E-state index in [0.29, 0.717) is 12.1 Å².